The first-order valence-corrected chi connectivity index (χ1v) is 10.0. The van der Waals surface area contributed by atoms with Gasteiger partial charge in [-0.15, -0.1) is 0 Å². The van der Waals surface area contributed by atoms with Gasteiger partial charge < -0.3 is 15.8 Å². The number of anilines is 1. The average Bonchev–Trinajstić information content (AvgIpc) is 2.74. The van der Waals surface area contributed by atoms with Crippen molar-refractivity contribution >= 4 is 28.5 Å². The van der Waals surface area contributed by atoms with Crippen LogP contribution in [0.5, 0.6) is 0 Å². The van der Waals surface area contributed by atoms with Crippen LogP contribution in [0.1, 0.15) is 35.5 Å². The van der Waals surface area contributed by atoms with Crippen LogP contribution in [0.2, 0.25) is 0 Å². The first kappa shape index (κ1) is 21.7. The maximum atomic E-state index is 14.9. The second-order valence-corrected chi connectivity index (χ2v) is 7.96. The summed E-state index contributed by atoms with van der Waals surface area (Å²) in [5, 5.41) is 12.0. The number of rotatable bonds is 3. The summed E-state index contributed by atoms with van der Waals surface area (Å²) >= 11 is 1.47. The van der Waals surface area contributed by atoms with Crippen molar-refractivity contribution in [2.45, 2.75) is 19.4 Å². The van der Waals surface area contributed by atoms with Gasteiger partial charge in [0.2, 0.25) is 0 Å². The number of fused-ring (bicyclic) bond motifs is 1. The molecular weight excluding hydrogens is 405 g/mol. The smallest absolute Gasteiger partial charge is 0.274 e. The number of carbonyl (C=O) groups is 1. The van der Waals surface area contributed by atoms with E-state index < -0.39 is 17.3 Å². The molecule has 3 N–H and O–H groups in total. The van der Waals surface area contributed by atoms with Crippen molar-refractivity contribution in [2.24, 2.45) is 16.6 Å². The molecule has 3 heterocycles. The lowest BCUT2D eigenvalue weighted by atomic mass is 9.76. The fourth-order valence-electron chi connectivity index (χ4n) is 3.65. The number of nitrogens with zero attached hydrogens (tertiary/aromatic N) is 3. The maximum absolute atomic E-state index is 14.9. The van der Waals surface area contributed by atoms with Crippen LogP contribution < -0.4 is 11.1 Å². The Hall–Kier alpha value is -2.96. The number of nitrogens with one attached hydrogen (secondary N) is 1. The quantitative estimate of drug-likeness (QED) is 0.777. The van der Waals surface area contributed by atoms with Crippen LogP contribution in [0.15, 0.2) is 41.5 Å². The van der Waals surface area contributed by atoms with E-state index in [2.05, 4.69) is 15.3 Å². The van der Waals surface area contributed by atoms with Crippen molar-refractivity contribution in [1.29, 1.82) is 5.26 Å². The van der Waals surface area contributed by atoms with Crippen LogP contribution in [0.3, 0.4) is 0 Å². The van der Waals surface area contributed by atoms with Crippen molar-refractivity contribution in [3.8, 4) is 6.07 Å². The van der Waals surface area contributed by atoms with E-state index in [1.165, 1.54) is 42.2 Å². The molecule has 1 saturated heterocycles. The number of hydrogen-bond acceptors (Lipinski definition) is 7. The molecule has 0 spiro atoms. The summed E-state index contributed by atoms with van der Waals surface area (Å²) in [6.07, 6.45) is 2.08. The molecule has 0 radical (unpaired) electrons. The van der Waals surface area contributed by atoms with Crippen molar-refractivity contribution in [3.63, 3.8) is 0 Å². The maximum Gasteiger partial charge on any atom is 0.274 e. The fraction of sp³-hybridized carbons (Fsp3) is 0.333. The minimum absolute atomic E-state index is 0. The lowest BCUT2D eigenvalue weighted by Gasteiger charge is -2.43. The summed E-state index contributed by atoms with van der Waals surface area (Å²) in [7, 11) is 0. The standard InChI is InChI=1S/C20H18FN5O2S.CH4/c21-16-3-2-14(25-18(27)17-4-1-12(8-22)9-24-17)7-15(16)20-11-28-6-5-13(20)10-29-19(23)26-20;/h1-4,7,9,13H,5-6,10-11H2,(H2,23,26)(H,25,27);1H4/t13-,20-;/m0./s1. The van der Waals surface area contributed by atoms with E-state index in [4.69, 9.17) is 15.7 Å². The van der Waals surface area contributed by atoms with E-state index in [0.29, 0.717) is 28.6 Å². The molecule has 1 amide bonds. The molecule has 0 unspecified atom stereocenters. The third kappa shape index (κ3) is 4.01. The van der Waals surface area contributed by atoms with Crippen LogP contribution in [0.25, 0.3) is 0 Å². The second kappa shape index (κ2) is 8.81. The number of ether oxygens (including phenoxy) is 1. The molecule has 2 aromatic rings. The number of nitriles is 1. The number of thioether (sulfide) groups is 1. The highest BCUT2D eigenvalue weighted by Crippen LogP contribution is 2.45. The molecular formula is C21H22FN5O2S. The van der Waals surface area contributed by atoms with Gasteiger partial charge in [0.1, 0.15) is 23.1 Å². The van der Waals surface area contributed by atoms with E-state index >= 15 is 0 Å². The Balaban J connectivity index is 0.00000256. The lowest BCUT2D eigenvalue weighted by molar-refractivity contribution is 0.00304. The Kier molecular flexibility index (Phi) is 6.39. The Bertz CT molecular complexity index is 1020. The highest BCUT2D eigenvalue weighted by molar-refractivity contribution is 8.13. The van der Waals surface area contributed by atoms with Crippen LogP contribution in [0.4, 0.5) is 10.1 Å². The van der Waals surface area contributed by atoms with Gasteiger partial charge in [-0.3, -0.25) is 4.79 Å². The van der Waals surface area contributed by atoms with Crippen LogP contribution in [-0.4, -0.2) is 35.0 Å². The Morgan fingerprint density at radius 2 is 2.23 bits per heavy atom. The summed E-state index contributed by atoms with van der Waals surface area (Å²) in [6.45, 7) is 0.842. The number of aromatic nitrogens is 1. The van der Waals surface area contributed by atoms with E-state index in [1.807, 2.05) is 6.07 Å². The van der Waals surface area contributed by atoms with Gasteiger partial charge in [0.05, 0.1) is 12.2 Å². The number of aliphatic imine (C=N–C) groups is 1. The molecule has 2 aliphatic heterocycles. The molecule has 1 aromatic carbocycles. The van der Waals surface area contributed by atoms with Gasteiger partial charge >= 0.3 is 0 Å². The summed E-state index contributed by atoms with van der Waals surface area (Å²) in [4.78, 5) is 21.1. The summed E-state index contributed by atoms with van der Waals surface area (Å²) < 4.78 is 20.5. The predicted molar refractivity (Wildman–Crippen MR) is 115 cm³/mol. The number of pyridine rings is 1. The molecule has 2 atom stereocenters. The van der Waals surface area contributed by atoms with Crippen molar-refractivity contribution in [3.05, 3.63) is 59.2 Å². The summed E-state index contributed by atoms with van der Waals surface area (Å²) in [5.74, 6) is -0.0417. The molecule has 1 aromatic heterocycles. The summed E-state index contributed by atoms with van der Waals surface area (Å²) in [5.41, 5.74) is 6.36. The molecule has 0 bridgehead atoms. The molecule has 0 aliphatic carbocycles. The van der Waals surface area contributed by atoms with Gasteiger partial charge in [-0.25, -0.2) is 14.4 Å². The van der Waals surface area contributed by atoms with E-state index in [-0.39, 0.29) is 25.6 Å². The van der Waals surface area contributed by atoms with Gasteiger partial charge in [0, 0.05) is 35.7 Å². The lowest BCUT2D eigenvalue weighted by Crippen LogP contribution is -2.48. The monoisotopic (exact) mass is 427 g/mol. The molecule has 4 rings (SSSR count). The second-order valence-electron chi connectivity index (χ2n) is 6.92. The molecule has 9 heteroatoms. The van der Waals surface area contributed by atoms with Crippen molar-refractivity contribution < 1.29 is 13.9 Å². The first-order chi connectivity index (χ1) is 14.0. The molecule has 30 heavy (non-hydrogen) atoms. The molecule has 0 saturated carbocycles. The van der Waals surface area contributed by atoms with Crippen molar-refractivity contribution in [2.75, 3.05) is 24.3 Å². The van der Waals surface area contributed by atoms with E-state index in [1.54, 1.807) is 6.07 Å². The predicted octanol–water partition coefficient (Wildman–Crippen LogP) is 3.27. The highest BCUT2D eigenvalue weighted by Gasteiger charge is 2.47. The summed E-state index contributed by atoms with van der Waals surface area (Å²) in [6, 6.07) is 9.31. The average molecular weight is 428 g/mol. The minimum atomic E-state index is -0.898. The zero-order chi connectivity index (χ0) is 20.4. The third-order valence-corrected chi connectivity index (χ3v) is 6.12. The molecule has 1 fully saturated rings. The first-order valence-electron chi connectivity index (χ1n) is 9.05. The molecule has 156 valence electrons. The fourth-order valence-corrected chi connectivity index (χ4v) is 4.69. The minimum Gasteiger partial charge on any atom is -0.379 e. The Morgan fingerprint density at radius 3 is 2.97 bits per heavy atom. The largest absolute Gasteiger partial charge is 0.379 e. The van der Waals surface area contributed by atoms with Crippen LogP contribution >= 0.6 is 11.8 Å². The van der Waals surface area contributed by atoms with Crippen LogP contribution in [-0.2, 0) is 10.3 Å². The normalized spacial score (nSPS) is 22.7. The van der Waals surface area contributed by atoms with E-state index in [9.17, 15) is 9.18 Å². The number of halogens is 1. The van der Waals surface area contributed by atoms with Gasteiger partial charge in [-0.2, -0.15) is 5.26 Å². The number of carbonyl (C=O) groups excluding carboxylic acids is 1. The zero-order valence-corrected chi connectivity index (χ0v) is 16.2. The molecule has 2 aliphatic rings. The van der Waals surface area contributed by atoms with Crippen molar-refractivity contribution in [1.82, 2.24) is 4.98 Å². The van der Waals surface area contributed by atoms with Gasteiger partial charge in [-0.1, -0.05) is 19.2 Å². The Morgan fingerprint density at radius 1 is 1.40 bits per heavy atom. The van der Waals surface area contributed by atoms with Gasteiger partial charge in [-0.05, 0) is 36.8 Å². The number of benzene rings is 1. The molecule has 7 nitrogen and oxygen atoms in total. The number of hydrogen-bond donors (Lipinski definition) is 2. The topological polar surface area (TPSA) is 113 Å². The van der Waals surface area contributed by atoms with E-state index in [0.717, 1.165) is 12.2 Å². The number of amidine groups is 1. The van der Waals surface area contributed by atoms with Crippen LogP contribution in [0, 0.1) is 23.1 Å². The third-order valence-electron chi connectivity index (χ3n) is 5.17. The highest BCUT2D eigenvalue weighted by atomic mass is 32.2. The Labute approximate surface area is 178 Å². The van der Waals surface area contributed by atoms with Gasteiger partial charge in [0.25, 0.3) is 5.91 Å². The zero-order valence-electron chi connectivity index (χ0n) is 15.4. The SMILES string of the molecule is C.N#Cc1ccc(C(=O)Nc2ccc(F)c([C@]34COCC[C@H]3CSC(N)=N4)c2)nc1. The number of nitrogens with two attached hydrogens (primary N) is 1. The number of amides is 1. The van der Waals surface area contributed by atoms with Gasteiger partial charge in [0.15, 0.2) is 5.17 Å².